The second-order valence-corrected chi connectivity index (χ2v) is 1.52. The molecule has 0 amide bonds. The predicted molar refractivity (Wildman–Crippen MR) is 37.0 cm³/mol. The standard InChI is InChI=1S/C6H5NO2.Pb/c8-6(9)5-3-1-2-4-7-5;/h1-4H,(H,8,9);. The van der Waals surface area contributed by atoms with E-state index in [0.29, 0.717) is 0 Å². The first kappa shape index (κ1) is 9.54. The predicted octanol–water partition coefficient (Wildman–Crippen LogP) is 0.399. The fourth-order valence-electron chi connectivity index (χ4n) is 0.489. The molecule has 1 aromatic rings. The summed E-state index contributed by atoms with van der Waals surface area (Å²) in [6.07, 6.45) is 1.45. The molecule has 0 bridgehead atoms. The molecular weight excluding hydrogens is 325 g/mol. The third kappa shape index (κ3) is 2.42. The van der Waals surface area contributed by atoms with Gasteiger partial charge in [-0.1, -0.05) is 6.07 Å². The average molecular weight is 330 g/mol. The topological polar surface area (TPSA) is 50.2 Å². The maximum Gasteiger partial charge on any atom is 0.354 e. The summed E-state index contributed by atoms with van der Waals surface area (Å²) < 4.78 is 0. The fraction of sp³-hybridized carbons (Fsp3) is 0. The normalized spacial score (nSPS) is 8.00. The van der Waals surface area contributed by atoms with Crippen molar-refractivity contribution >= 4 is 33.3 Å². The molecule has 0 fully saturated rings. The molecule has 1 aromatic heterocycles. The Labute approximate surface area is 78.3 Å². The molecule has 3 nitrogen and oxygen atoms in total. The summed E-state index contributed by atoms with van der Waals surface area (Å²) in [6.45, 7) is 0. The van der Waals surface area contributed by atoms with Gasteiger partial charge in [0.15, 0.2) is 0 Å². The molecule has 0 saturated carbocycles. The molecule has 10 heavy (non-hydrogen) atoms. The van der Waals surface area contributed by atoms with Gasteiger partial charge >= 0.3 is 5.97 Å². The van der Waals surface area contributed by atoms with Crippen molar-refractivity contribution in [3.63, 3.8) is 0 Å². The fourth-order valence-corrected chi connectivity index (χ4v) is 0.489. The molecule has 0 saturated heterocycles. The molecule has 0 aromatic carbocycles. The monoisotopic (exact) mass is 331 g/mol. The van der Waals surface area contributed by atoms with Crippen LogP contribution < -0.4 is 0 Å². The number of hydrogen-bond donors (Lipinski definition) is 1. The number of aromatic nitrogens is 1. The SMILES string of the molecule is O=C(O)c1ccccn1.[Pb]. The third-order valence-electron chi connectivity index (χ3n) is 0.884. The number of carbonyl (C=O) groups is 1. The Morgan fingerprint density at radius 1 is 1.50 bits per heavy atom. The Morgan fingerprint density at radius 3 is 2.50 bits per heavy atom. The Balaban J connectivity index is 0.000000810. The van der Waals surface area contributed by atoms with Gasteiger partial charge in [-0.15, -0.1) is 0 Å². The summed E-state index contributed by atoms with van der Waals surface area (Å²) in [5.41, 5.74) is 0.0810. The van der Waals surface area contributed by atoms with Gasteiger partial charge in [-0.2, -0.15) is 0 Å². The molecule has 4 heteroatoms. The van der Waals surface area contributed by atoms with Gasteiger partial charge in [0.25, 0.3) is 0 Å². The van der Waals surface area contributed by atoms with Crippen LogP contribution in [0.4, 0.5) is 0 Å². The third-order valence-corrected chi connectivity index (χ3v) is 0.884. The molecule has 0 spiro atoms. The Kier molecular flexibility index (Phi) is 4.17. The van der Waals surface area contributed by atoms with Gasteiger partial charge in [0.05, 0.1) is 0 Å². The van der Waals surface area contributed by atoms with Gasteiger partial charge in [-0.25, -0.2) is 9.78 Å². The van der Waals surface area contributed by atoms with Gasteiger partial charge in [0, 0.05) is 33.5 Å². The zero-order valence-corrected chi connectivity index (χ0v) is 9.00. The number of aromatic carboxylic acids is 1. The van der Waals surface area contributed by atoms with E-state index in [0.717, 1.165) is 0 Å². The van der Waals surface area contributed by atoms with Gasteiger partial charge in [-0.05, 0) is 12.1 Å². The summed E-state index contributed by atoms with van der Waals surface area (Å²) in [5, 5.41) is 8.32. The number of rotatable bonds is 1. The molecule has 1 rings (SSSR count). The molecule has 4 radical (unpaired) electrons. The Bertz CT molecular complexity index is 212. The number of pyridine rings is 1. The summed E-state index contributed by atoms with van der Waals surface area (Å²) >= 11 is 0. The van der Waals surface area contributed by atoms with Crippen molar-refractivity contribution < 1.29 is 9.90 Å². The second kappa shape index (κ2) is 4.37. The molecule has 0 aliphatic rings. The molecule has 1 heterocycles. The number of hydrogen-bond acceptors (Lipinski definition) is 2. The summed E-state index contributed by atoms with van der Waals surface area (Å²) in [7, 11) is 0. The van der Waals surface area contributed by atoms with E-state index in [1.54, 1.807) is 12.1 Å². The van der Waals surface area contributed by atoms with Crippen molar-refractivity contribution in [3.05, 3.63) is 30.1 Å². The number of carboxylic acids is 1. The number of nitrogens with zero attached hydrogens (tertiary/aromatic N) is 1. The van der Waals surface area contributed by atoms with Crippen LogP contribution in [-0.2, 0) is 0 Å². The maximum absolute atomic E-state index is 10.1. The van der Waals surface area contributed by atoms with Crippen LogP contribution in [-0.4, -0.2) is 43.4 Å². The Hall–Kier alpha value is -0.458. The first-order valence-corrected chi connectivity index (χ1v) is 2.45. The van der Waals surface area contributed by atoms with Crippen LogP contribution >= 0.6 is 0 Å². The van der Waals surface area contributed by atoms with Crippen LogP contribution in [0.1, 0.15) is 10.5 Å². The Morgan fingerprint density at radius 2 is 2.20 bits per heavy atom. The number of carboxylic acid groups (broad SMARTS) is 1. The average Bonchev–Trinajstić information content (AvgIpc) is 1.90. The van der Waals surface area contributed by atoms with Crippen LogP contribution in [0.5, 0.6) is 0 Å². The molecule has 0 aliphatic heterocycles. The van der Waals surface area contributed by atoms with Crippen LogP contribution in [0.2, 0.25) is 0 Å². The molecule has 0 atom stereocenters. The van der Waals surface area contributed by atoms with E-state index in [9.17, 15) is 4.79 Å². The smallest absolute Gasteiger partial charge is 0.354 e. The maximum atomic E-state index is 10.1. The van der Waals surface area contributed by atoms with Crippen molar-refractivity contribution in [3.8, 4) is 0 Å². The van der Waals surface area contributed by atoms with E-state index >= 15 is 0 Å². The summed E-state index contributed by atoms with van der Waals surface area (Å²) in [4.78, 5) is 13.7. The zero-order chi connectivity index (χ0) is 6.69. The minimum Gasteiger partial charge on any atom is -0.477 e. The first-order chi connectivity index (χ1) is 4.30. The van der Waals surface area contributed by atoms with E-state index in [-0.39, 0.29) is 33.0 Å². The second-order valence-electron chi connectivity index (χ2n) is 1.52. The quantitative estimate of drug-likeness (QED) is 0.759. The zero-order valence-electron chi connectivity index (χ0n) is 5.11. The van der Waals surface area contributed by atoms with Gasteiger partial charge < -0.3 is 5.11 Å². The molecule has 50 valence electrons. The van der Waals surface area contributed by atoms with E-state index in [1.807, 2.05) is 0 Å². The summed E-state index contributed by atoms with van der Waals surface area (Å²) in [5.74, 6) is -0.990. The first-order valence-electron chi connectivity index (χ1n) is 2.45. The molecule has 0 unspecified atom stereocenters. The van der Waals surface area contributed by atoms with Crippen LogP contribution in [0.25, 0.3) is 0 Å². The minimum absolute atomic E-state index is 0. The largest absolute Gasteiger partial charge is 0.477 e. The van der Waals surface area contributed by atoms with Crippen LogP contribution in [0.15, 0.2) is 24.4 Å². The molecular formula is C6H5NO2Pb. The van der Waals surface area contributed by atoms with Gasteiger partial charge in [0.1, 0.15) is 5.69 Å². The van der Waals surface area contributed by atoms with Crippen molar-refractivity contribution in [2.45, 2.75) is 0 Å². The van der Waals surface area contributed by atoms with Crippen LogP contribution in [0.3, 0.4) is 0 Å². The molecule has 1 N–H and O–H groups in total. The van der Waals surface area contributed by atoms with Crippen molar-refractivity contribution in [1.29, 1.82) is 0 Å². The summed E-state index contributed by atoms with van der Waals surface area (Å²) in [6, 6.07) is 4.76. The van der Waals surface area contributed by atoms with E-state index < -0.39 is 5.97 Å². The van der Waals surface area contributed by atoms with Crippen molar-refractivity contribution in [2.75, 3.05) is 0 Å². The van der Waals surface area contributed by atoms with Crippen molar-refractivity contribution in [1.82, 2.24) is 4.98 Å². The van der Waals surface area contributed by atoms with Crippen LogP contribution in [0, 0.1) is 0 Å². The van der Waals surface area contributed by atoms with Gasteiger partial charge in [-0.3, -0.25) is 0 Å². The van der Waals surface area contributed by atoms with Crippen molar-refractivity contribution in [2.24, 2.45) is 0 Å². The van der Waals surface area contributed by atoms with E-state index in [2.05, 4.69) is 4.98 Å². The minimum atomic E-state index is -0.990. The van der Waals surface area contributed by atoms with E-state index in [4.69, 9.17) is 5.11 Å². The van der Waals surface area contributed by atoms with Gasteiger partial charge in [0.2, 0.25) is 0 Å². The van der Waals surface area contributed by atoms with E-state index in [1.165, 1.54) is 12.3 Å². The molecule has 0 aliphatic carbocycles.